The molecule has 42 heavy (non-hydrogen) atoms. The Labute approximate surface area is 248 Å². The highest BCUT2D eigenvalue weighted by molar-refractivity contribution is 6.01. The van der Waals surface area contributed by atoms with E-state index in [9.17, 15) is 4.79 Å². The number of morpholine rings is 1. The first kappa shape index (κ1) is 27.6. The lowest BCUT2D eigenvalue weighted by Gasteiger charge is -2.48. The molecule has 1 saturated carbocycles. The SMILES string of the molecule is CC1=CC2(CCN(C)CC2)Oc2ccc(-c3n[nH]c4ccc(C(=O)NCC5(N6CCOCC6)CCCCC5)cc34)cc21. The van der Waals surface area contributed by atoms with Gasteiger partial charge in [0.1, 0.15) is 11.4 Å². The predicted octanol–water partition coefficient (Wildman–Crippen LogP) is 5.25. The normalized spacial score (nSPS) is 22.4. The van der Waals surface area contributed by atoms with Crippen molar-refractivity contribution < 1.29 is 14.3 Å². The molecular weight excluding hydrogens is 526 g/mol. The number of carbonyl (C=O) groups is 1. The first-order valence-corrected chi connectivity index (χ1v) is 15.7. The van der Waals surface area contributed by atoms with Crippen LogP contribution in [0.5, 0.6) is 5.75 Å². The van der Waals surface area contributed by atoms with Crippen LogP contribution in [0.1, 0.15) is 67.8 Å². The van der Waals surface area contributed by atoms with Gasteiger partial charge in [0.15, 0.2) is 0 Å². The van der Waals surface area contributed by atoms with Crippen molar-refractivity contribution in [2.45, 2.75) is 63.0 Å². The smallest absolute Gasteiger partial charge is 0.251 e. The van der Waals surface area contributed by atoms with Crippen LogP contribution < -0.4 is 10.1 Å². The molecule has 2 aromatic carbocycles. The fourth-order valence-corrected chi connectivity index (χ4v) is 7.61. The second-order valence-corrected chi connectivity index (χ2v) is 12.9. The van der Waals surface area contributed by atoms with E-state index in [-0.39, 0.29) is 17.0 Å². The Morgan fingerprint density at radius 3 is 2.57 bits per heavy atom. The van der Waals surface area contributed by atoms with E-state index in [4.69, 9.17) is 9.47 Å². The van der Waals surface area contributed by atoms with Gasteiger partial charge in [-0.15, -0.1) is 0 Å². The molecule has 222 valence electrons. The average Bonchev–Trinajstić information content (AvgIpc) is 3.46. The Morgan fingerprint density at radius 2 is 1.79 bits per heavy atom. The summed E-state index contributed by atoms with van der Waals surface area (Å²) < 4.78 is 12.3. The molecule has 2 saturated heterocycles. The summed E-state index contributed by atoms with van der Waals surface area (Å²) in [5, 5.41) is 12.1. The zero-order valence-electron chi connectivity index (χ0n) is 25.0. The molecular formula is C34H43N5O3. The first-order valence-electron chi connectivity index (χ1n) is 15.7. The van der Waals surface area contributed by atoms with Crippen LogP contribution in [0, 0.1) is 0 Å². The summed E-state index contributed by atoms with van der Waals surface area (Å²) >= 11 is 0. The molecule has 1 aliphatic carbocycles. The number of fused-ring (bicyclic) bond motifs is 2. The highest BCUT2D eigenvalue weighted by Gasteiger charge is 2.39. The Morgan fingerprint density at radius 1 is 1.00 bits per heavy atom. The number of hydrogen-bond acceptors (Lipinski definition) is 6. The number of nitrogens with one attached hydrogen (secondary N) is 2. The zero-order chi connectivity index (χ0) is 28.7. The average molecular weight is 570 g/mol. The molecule has 2 N–H and O–H groups in total. The van der Waals surface area contributed by atoms with Crippen molar-refractivity contribution in [2.24, 2.45) is 0 Å². The number of nitrogens with zero attached hydrogens (tertiary/aromatic N) is 3. The first-order chi connectivity index (χ1) is 20.4. The molecule has 7 rings (SSSR count). The lowest BCUT2D eigenvalue weighted by molar-refractivity contribution is -0.0361. The highest BCUT2D eigenvalue weighted by atomic mass is 16.5. The molecule has 1 spiro atoms. The van der Waals surface area contributed by atoms with Gasteiger partial charge in [0, 0.05) is 73.2 Å². The number of aromatic amines is 1. The van der Waals surface area contributed by atoms with Crippen molar-refractivity contribution in [1.82, 2.24) is 25.3 Å². The largest absolute Gasteiger partial charge is 0.482 e. The van der Waals surface area contributed by atoms with E-state index in [1.54, 1.807) is 0 Å². The van der Waals surface area contributed by atoms with Gasteiger partial charge < -0.3 is 19.7 Å². The van der Waals surface area contributed by atoms with Gasteiger partial charge in [0.05, 0.1) is 24.4 Å². The minimum Gasteiger partial charge on any atom is -0.482 e. The minimum absolute atomic E-state index is 0.0247. The summed E-state index contributed by atoms with van der Waals surface area (Å²) in [6, 6.07) is 12.2. The van der Waals surface area contributed by atoms with Gasteiger partial charge in [-0.3, -0.25) is 14.8 Å². The van der Waals surface area contributed by atoms with Crippen LogP contribution >= 0.6 is 0 Å². The standard InChI is InChI=1S/C34H43N5O3/c1-24-22-34(12-14-38(2)15-13-34)42-30-9-7-25(20-27(24)30)31-28-21-26(6-8-29(28)36-37-31)32(40)35-23-33(10-4-3-5-11-33)39-16-18-41-19-17-39/h6-9,20-22H,3-5,10-19,23H2,1-2H3,(H,35,40)(H,36,37). The summed E-state index contributed by atoms with van der Waals surface area (Å²) in [5.74, 6) is 0.920. The summed E-state index contributed by atoms with van der Waals surface area (Å²) in [6.45, 7) is 8.39. The maximum absolute atomic E-state index is 13.5. The molecule has 3 aliphatic heterocycles. The number of amides is 1. The van der Waals surface area contributed by atoms with Crippen molar-refractivity contribution in [3.63, 3.8) is 0 Å². The van der Waals surface area contributed by atoms with E-state index in [0.717, 1.165) is 98.5 Å². The van der Waals surface area contributed by atoms with Gasteiger partial charge >= 0.3 is 0 Å². The number of carbonyl (C=O) groups excluding carboxylic acids is 1. The van der Waals surface area contributed by atoms with Crippen LogP contribution in [0.25, 0.3) is 27.7 Å². The lowest BCUT2D eigenvalue weighted by atomic mass is 9.79. The van der Waals surface area contributed by atoms with E-state index in [0.29, 0.717) is 12.1 Å². The van der Waals surface area contributed by atoms with E-state index >= 15 is 0 Å². The number of benzene rings is 2. The van der Waals surface area contributed by atoms with Crippen LogP contribution in [0.3, 0.4) is 0 Å². The molecule has 1 aromatic heterocycles. The quantitative estimate of drug-likeness (QED) is 0.437. The van der Waals surface area contributed by atoms with Crippen molar-refractivity contribution in [2.75, 3.05) is 53.0 Å². The molecule has 4 heterocycles. The number of hydrogen-bond donors (Lipinski definition) is 2. The number of ether oxygens (including phenoxy) is 2. The third-order valence-electron chi connectivity index (χ3n) is 10.2. The third kappa shape index (κ3) is 5.14. The van der Waals surface area contributed by atoms with E-state index in [1.807, 2.05) is 18.2 Å². The number of allylic oxidation sites excluding steroid dienone is 1. The maximum Gasteiger partial charge on any atom is 0.251 e. The summed E-state index contributed by atoms with van der Waals surface area (Å²) in [6.07, 6.45) is 10.3. The molecule has 0 unspecified atom stereocenters. The monoisotopic (exact) mass is 569 g/mol. The Hall–Kier alpha value is -3.20. The maximum atomic E-state index is 13.5. The van der Waals surface area contributed by atoms with E-state index in [2.05, 4.69) is 63.6 Å². The highest BCUT2D eigenvalue weighted by Crippen LogP contribution is 2.42. The van der Waals surface area contributed by atoms with Crippen LogP contribution in [0.2, 0.25) is 0 Å². The number of aromatic nitrogens is 2. The molecule has 8 nitrogen and oxygen atoms in total. The summed E-state index contributed by atoms with van der Waals surface area (Å²) in [7, 11) is 2.18. The molecule has 4 aliphatic rings. The number of piperidine rings is 1. The van der Waals surface area contributed by atoms with Crippen LogP contribution in [-0.2, 0) is 4.74 Å². The number of H-pyrrole nitrogens is 1. The van der Waals surface area contributed by atoms with Crippen LogP contribution in [0.4, 0.5) is 0 Å². The van der Waals surface area contributed by atoms with Gasteiger partial charge in [-0.2, -0.15) is 5.10 Å². The number of rotatable bonds is 5. The Bertz CT molecular complexity index is 1490. The van der Waals surface area contributed by atoms with Crippen molar-refractivity contribution >= 4 is 22.4 Å². The van der Waals surface area contributed by atoms with Crippen LogP contribution in [0.15, 0.2) is 42.5 Å². The van der Waals surface area contributed by atoms with Crippen molar-refractivity contribution in [1.29, 1.82) is 0 Å². The van der Waals surface area contributed by atoms with Crippen molar-refractivity contribution in [3.05, 3.63) is 53.6 Å². The third-order valence-corrected chi connectivity index (χ3v) is 10.2. The number of likely N-dealkylation sites (tertiary alicyclic amines) is 1. The lowest BCUT2D eigenvalue weighted by Crippen LogP contribution is -2.59. The minimum atomic E-state index is -0.204. The van der Waals surface area contributed by atoms with E-state index < -0.39 is 0 Å². The Kier molecular flexibility index (Phi) is 7.32. The zero-order valence-corrected chi connectivity index (χ0v) is 25.0. The molecule has 0 bridgehead atoms. The molecule has 0 atom stereocenters. The topological polar surface area (TPSA) is 82.7 Å². The summed E-state index contributed by atoms with van der Waals surface area (Å²) in [4.78, 5) is 18.5. The van der Waals surface area contributed by atoms with Crippen molar-refractivity contribution in [3.8, 4) is 17.0 Å². The fourth-order valence-electron chi connectivity index (χ4n) is 7.61. The van der Waals surface area contributed by atoms with Gasteiger partial charge in [0.25, 0.3) is 5.91 Å². The molecule has 3 fully saturated rings. The van der Waals surface area contributed by atoms with Gasteiger partial charge in [-0.1, -0.05) is 19.3 Å². The second-order valence-electron chi connectivity index (χ2n) is 12.9. The predicted molar refractivity (Wildman–Crippen MR) is 166 cm³/mol. The molecule has 8 heteroatoms. The second kappa shape index (κ2) is 11.1. The Balaban J connectivity index is 1.12. The van der Waals surface area contributed by atoms with E-state index in [1.165, 1.54) is 24.8 Å². The van der Waals surface area contributed by atoms with Gasteiger partial charge in [-0.25, -0.2) is 0 Å². The molecule has 0 radical (unpaired) electrons. The molecule has 3 aromatic rings. The van der Waals surface area contributed by atoms with Gasteiger partial charge in [-0.05, 0) is 74.9 Å². The van der Waals surface area contributed by atoms with Crippen LogP contribution in [-0.4, -0.2) is 90.0 Å². The molecule has 1 amide bonds. The van der Waals surface area contributed by atoms with Gasteiger partial charge in [0.2, 0.25) is 0 Å². The summed E-state index contributed by atoms with van der Waals surface area (Å²) in [5.41, 5.74) is 5.65. The fraction of sp³-hybridized carbons (Fsp3) is 0.529.